The molecule has 0 spiro atoms. The first-order valence-corrected chi connectivity index (χ1v) is 8.29. The molecule has 0 saturated heterocycles. The van der Waals surface area contributed by atoms with Crippen molar-refractivity contribution in [2.24, 2.45) is 0 Å². The molecule has 4 heteroatoms. The number of hydrogen-bond acceptors (Lipinski definition) is 2. The van der Waals surface area contributed by atoms with Gasteiger partial charge in [-0.05, 0) is 55.3 Å². The summed E-state index contributed by atoms with van der Waals surface area (Å²) in [6.45, 7) is 4.75. The van der Waals surface area contributed by atoms with E-state index >= 15 is 0 Å². The number of benzene rings is 2. The highest BCUT2D eigenvalue weighted by Crippen LogP contribution is 2.23. The normalized spacial score (nSPS) is 10.4. The van der Waals surface area contributed by atoms with Crippen molar-refractivity contribution in [3.05, 3.63) is 58.6 Å². The van der Waals surface area contributed by atoms with Gasteiger partial charge < -0.3 is 10.1 Å². The Labute approximate surface area is 142 Å². The van der Waals surface area contributed by atoms with Gasteiger partial charge in [-0.15, -0.1) is 0 Å². The molecule has 23 heavy (non-hydrogen) atoms. The highest BCUT2D eigenvalue weighted by atomic mass is 35.5. The quantitative estimate of drug-likeness (QED) is 0.683. The molecule has 3 nitrogen and oxygen atoms in total. The molecule has 0 aliphatic rings. The van der Waals surface area contributed by atoms with Crippen molar-refractivity contribution in [3.8, 4) is 5.75 Å². The van der Waals surface area contributed by atoms with E-state index in [-0.39, 0.29) is 5.91 Å². The maximum absolute atomic E-state index is 12.3. The highest BCUT2D eigenvalue weighted by Gasteiger charge is 2.09. The predicted molar refractivity (Wildman–Crippen MR) is 95.6 cm³/mol. The molecule has 122 valence electrons. The van der Waals surface area contributed by atoms with E-state index in [0.29, 0.717) is 17.2 Å². The zero-order chi connectivity index (χ0) is 16.7. The van der Waals surface area contributed by atoms with Crippen LogP contribution < -0.4 is 10.1 Å². The van der Waals surface area contributed by atoms with Crippen LogP contribution in [0.2, 0.25) is 5.02 Å². The molecule has 2 rings (SSSR count). The second kappa shape index (κ2) is 8.59. The summed E-state index contributed by atoms with van der Waals surface area (Å²) in [7, 11) is 0. The Kier molecular flexibility index (Phi) is 6.48. The van der Waals surface area contributed by atoms with E-state index in [1.54, 1.807) is 18.2 Å². The third kappa shape index (κ3) is 5.00. The number of hydrogen-bond donors (Lipinski definition) is 1. The Morgan fingerprint density at radius 2 is 1.87 bits per heavy atom. The van der Waals surface area contributed by atoms with Crippen LogP contribution in [-0.2, 0) is 0 Å². The number of nitrogens with one attached hydrogen (secondary N) is 1. The summed E-state index contributed by atoms with van der Waals surface area (Å²) in [6, 6.07) is 12.6. The Bertz CT molecular complexity index is 653. The van der Waals surface area contributed by atoms with Crippen molar-refractivity contribution >= 4 is 23.2 Å². The molecule has 0 heterocycles. The van der Waals surface area contributed by atoms with Gasteiger partial charge in [0, 0.05) is 16.3 Å². The first-order chi connectivity index (χ1) is 11.1. The largest absolute Gasteiger partial charge is 0.494 e. The van der Waals surface area contributed by atoms with Crippen molar-refractivity contribution in [2.45, 2.75) is 33.1 Å². The Balaban J connectivity index is 1.96. The minimum atomic E-state index is -0.159. The number of unbranched alkanes of at least 4 members (excludes halogenated alkanes) is 2. The van der Waals surface area contributed by atoms with Crippen molar-refractivity contribution in [1.29, 1.82) is 0 Å². The SMILES string of the molecule is CCCCCOc1ccc(C(=O)Nc2cccc(Cl)c2C)cc1. The summed E-state index contributed by atoms with van der Waals surface area (Å²) in [5, 5.41) is 3.52. The van der Waals surface area contributed by atoms with Gasteiger partial charge in [0.15, 0.2) is 0 Å². The van der Waals surface area contributed by atoms with E-state index in [1.807, 2.05) is 31.2 Å². The number of anilines is 1. The van der Waals surface area contributed by atoms with E-state index in [2.05, 4.69) is 12.2 Å². The van der Waals surface area contributed by atoms with E-state index in [9.17, 15) is 4.79 Å². The average Bonchev–Trinajstić information content (AvgIpc) is 2.56. The first-order valence-electron chi connectivity index (χ1n) is 7.91. The molecule has 0 aliphatic heterocycles. The van der Waals surface area contributed by atoms with E-state index in [4.69, 9.17) is 16.3 Å². The van der Waals surface area contributed by atoms with E-state index < -0.39 is 0 Å². The summed E-state index contributed by atoms with van der Waals surface area (Å²) in [4.78, 5) is 12.3. The Morgan fingerprint density at radius 3 is 2.57 bits per heavy atom. The van der Waals surface area contributed by atoms with Crippen molar-refractivity contribution in [2.75, 3.05) is 11.9 Å². The molecular weight excluding hydrogens is 310 g/mol. The fraction of sp³-hybridized carbons (Fsp3) is 0.316. The van der Waals surface area contributed by atoms with Crippen LogP contribution in [0.15, 0.2) is 42.5 Å². The molecular formula is C19H22ClNO2. The van der Waals surface area contributed by atoms with E-state index in [0.717, 1.165) is 23.4 Å². The maximum Gasteiger partial charge on any atom is 0.255 e. The van der Waals surface area contributed by atoms with Gasteiger partial charge in [-0.1, -0.05) is 37.4 Å². The van der Waals surface area contributed by atoms with Gasteiger partial charge in [-0.2, -0.15) is 0 Å². The second-order valence-electron chi connectivity index (χ2n) is 5.45. The van der Waals surface area contributed by atoms with Gasteiger partial charge >= 0.3 is 0 Å². The number of amides is 1. The highest BCUT2D eigenvalue weighted by molar-refractivity contribution is 6.31. The minimum absolute atomic E-state index is 0.159. The number of carbonyl (C=O) groups excluding carboxylic acids is 1. The Hall–Kier alpha value is -2.00. The summed E-state index contributed by atoms with van der Waals surface area (Å²) in [5.74, 6) is 0.629. The van der Waals surface area contributed by atoms with Crippen molar-refractivity contribution in [3.63, 3.8) is 0 Å². The lowest BCUT2D eigenvalue weighted by molar-refractivity contribution is 0.102. The van der Waals surface area contributed by atoms with Crippen LogP contribution in [0.3, 0.4) is 0 Å². The van der Waals surface area contributed by atoms with Gasteiger partial charge in [0.1, 0.15) is 5.75 Å². The summed E-state index contributed by atoms with van der Waals surface area (Å²) in [5.41, 5.74) is 2.17. The van der Waals surface area contributed by atoms with Crippen molar-refractivity contribution < 1.29 is 9.53 Å². The van der Waals surface area contributed by atoms with Crippen LogP contribution in [0.4, 0.5) is 5.69 Å². The zero-order valence-electron chi connectivity index (χ0n) is 13.6. The average molecular weight is 332 g/mol. The fourth-order valence-electron chi connectivity index (χ4n) is 2.18. The molecule has 0 unspecified atom stereocenters. The van der Waals surface area contributed by atoms with Crippen LogP contribution in [0.1, 0.15) is 42.1 Å². The van der Waals surface area contributed by atoms with Crippen LogP contribution in [0.5, 0.6) is 5.75 Å². The third-order valence-corrected chi connectivity index (χ3v) is 4.06. The first kappa shape index (κ1) is 17.4. The predicted octanol–water partition coefficient (Wildman–Crippen LogP) is 5.47. The van der Waals surface area contributed by atoms with Crippen LogP contribution in [0, 0.1) is 6.92 Å². The third-order valence-electron chi connectivity index (χ3n) is 3.65. The number of ether oxygens (including phenoxy) is 1. The molecule has 0 fully saturated rings. The molecule has 1 amide bonds. The zero-order valence-corrected chi connectivity index (χ0v) is 14.3. The lowest BCUT2D eigenvalue weighted by Crippen LogP contribution is -2.12. The van der Waals surface area contributed by atoms with Gasteiger partial charge in [0.25, 0.3) is 5.91 Å². The second-order valence-corrected chi connectivity index (χ2v) is 5.85. The van der Waals surface area contributed by atoms with Crippen LogP contribution in [0.25, 0.3) is 0 Å². The van der Waals surface area contributed by atoms with Crippen molar-refractivity contribution in [1.82, 2.24) is 0 Å². The molecule has 0 aliphatic carbocycles. The van der Waals surface area contributed by atoms with Gasteiger partial charge in [-0.25, -0.2) is 0 Å². The lowest BCUT2D eigenvalue weighted by Gasteiger charge is -2.10. The topological polar surface area (TPSA) is 38.3 Å². The molecule has 2 aromatic rings. The summed E-state index contributed by atoms with van der Waals surface area (Å²) >= 11 is 6.07. The molecule has 0 atom stereocenters. The smallest absolute Gasteiger partial charge is 0.255 e. The van der Waals surface area contributed by atoms with Crippen LogP contribution >= 0.6 is 11.6 Å². The molecule has 0 radical (unpaired) electrons. The lowest BCUT2D eigenvalue weighted by atomic mass is 10.1. The molecule has 1 N–H and O–H groups in total. The van der Waals surface area contributed by atoms with E-state index in [1.165, 1.54) is 12.8 Å². The standard InChI is InChI=1S/C19H22ClNO2/c1-3-4-5-13-23-16-11-9-15(10-12-16)19(22)21-18-8-6-7-17(20)14(18)2/h6-12H,3-5,13H2,1-2H3,(H,21,22). The van der Waals surface area contributed by atoms with Gasteiger partial charge in [0.2, 0.25) is 0 Å². The maximum atomic E-state index is 12.3. The Morgan fingerprint density at radius 1 is 1.13 bits per heavy atom. The fourth-order valence-corrected chi connectivity index (χ4v) is 2.36. The summed E-state index contributed by atoms with van der Waals surface area (Å²) < 4.78 is 5.65. The van der Waals surface area contributed by atoms with Gasteiger partial charge in [0.05, 0.1) is 6.61 Å². The molecule has 0 aromatic heterocycles. The number of carbonyl (C=O) groups is 1. The molecule has 0 bridgehead atoms. The van der Waals surface area contributed by atoms with Gasteiger partial charge in [-0.3, -0.25) is 4.79 Å². The number of halogens is 1. The minimum Gasteiger partial charge on any atom is -0.494 e. The monoisotopic (exact) mass is 331 g/mol. The summed E-state index contributed by atoms with van der Waals surface area (Å²) in [6.07, 6.45) is 3.39. The molecule has 2 aromatic carbocycles. The number of rotatable bonds is 7. The molecule has 0 saturated carbocycles. The van der Waals surface area contributed by atoms with Crippen LogP contribution in [-0.4, -0.2) is 12.5 Å².